The number of hydrogen-bond donors (Lipinski definition) is 0. The van der Waals surface area contributed by atoms with E-state index in [0.29, 0.717) is 16.9 Å². The highest BCUT2D eigenvalue weighted by Gasteiger charge is 2.20. The van der Waals surface area contributed by atoms with Gasteiger partial charge >= 0.3 is 5.97 Å². The molecule has 0 aromatic heterocycles. The largest absolute Gasteiger partial charge is 0.744 e. The number of carbonyl (C=O) groups excluding carboxylic acids is 1. The Morgan fingerprint density at radius 1 is 1.16 bits per heavy atom. The number of rotatable bonds is 4. The first-order valence-corrected chi connectivity index (χ1v) is 10.8. The van der Waals surface area contributed by atoms with E-state index in [2.05, 4.69) is 45.2 Å². The summed E-state index contributed by atoms with van der Waals surface area (Å²) in [5.41, 5.74) is 0.930. The first-order chi connectivity index (χ1) is 11.5. The summed E-state index contributed by atoms with van der Waals surface area (Å²) in [6, 6.07) is 8.09. The normalized spacial score (nSPS) is 11.6. The molecule has 2 rings (SSSR count). The van der Waals surface area contributed by atoms with Gasteiger partial charge in [0.2, 0.25) is 0 Å². The van der Waals surface area contributed by atoms with Crippen LogP contribution in [0.1, 0.15) is 41.3 Å². The van der Waals surface area contributed by atoms with Gasteiger partial charge in [-0.2, -0.15) is 0 Å². The van der Waals surface area contributed by atoms with Crippen LogP contribution in [0.15, 0.2) is 35.2 Å². The molecule has 0 unspecified atom stereocenters. The molecule has 0 saturated heterocycles. The number of carbonyl (C=O) groups is 1. The van der Waals surface area contributed by atoms with Crippen molar-refractivity contribution in [3.63, 3.8) is 0 Å². The Bertz CT molecular complexity index is 936. The van der Waals surface area contributed by atoms with Crippen molar-refractivity contribution in [2.75, 3.05) is 0 Å². The maximum atomic E-state index is 12.6. The lowest BCUT2D eigenvalue weighted by atomic mass is 9.97. The number of ether oxygens (including phenoxy) is 1. The van der Waals surface area contributed by atoms with E-state index in [1.54, 1.807) is 26.8 Å². The SMILES string of the molecule is Cc1cc(S(=O)(=O)[O-])c(C(C)C)cc1C(=O)Oc1ccc(I)cc1I. The molecule has 2 aromatic rings. The van der Waals surface area contributed by atoms with Gasteiger partial charge in [0, 0.05) is 3.57 Å². The average molecular weight is 585 g/mol. The Morgan fingerprint density at radius 2 is 1.80 bits per heavy atom. The third-order valence-electron chi connectivity index (χ3n) is 3.56. The molecule has 25 heavy (non-hydrogen) atoms. The number of aryl methyl sites for hydroxylation is 1. The van der Waals surface area contributed by atoms with Crippen molar-refractivity contribution in [2.45, 2.75) is 31.6 Å². The predicted octanol–water partition coefficient (Wildman–Crippen LogP) is 4.45. The first-order valence-electron chi connectivity index (χ1n) is 7.28. The molecule has 2 aromatic carbocycles. The summed E-state index contributed by atoms with van der Waals surface area (Å²) < 4.78 is 41.7. The van der Waals surface area contributed by atoms with Crippen LogP contribution >= 0.6 is 45.2 Å². The van der Waals surface area contributed by atoms with E-state index in [0.717, 1.165) is 7.14 Å². The molecule has 0 bridgehead atoms. The van der Waals surface area contributed by atoms with Gasteiger partial charge in [-0.3, -0.25) is 0 Å². The van der Waals surface area contributed by atoms with Crippen molar-refractivity contribution < 1.29 is 22.5 Å². The van der Waals surface area contributed by atoms with Crippen molar-refractivity contribution in [3.8, 4) is 5.75 Å². The maximum Gasteiger partial charge on any atom is 0.343 e. The molecule has 0 radical (unpaired) electrons. The topological polar surface area (TPSA) is 83.5 Å². The van der Waals surface area contributed by atoms with Crippen molar-refractivity contribution in [3.05, 3.63) is 54.2 Å². The molecule has 0 atom stereocenters. The molecule has 5 nitrogen and oxygen atoms in total. The van der Waals surface area contributed by atoms with Crippen LogP contribution in [0.4, 0.5) is 0 Å². The molecule has 0 fully saturated rings. The minimum atomic E-state index is -4.62. The van der Waals surface area contributed by atoms with E-state index < -0.39 is 16.1 Å². The minimum absolute atomic E-state index is 0.232. The zero-order chi connectivity index (χ0) is 18.9. The molecule has 0 amide bonds. The van der Waals surface area contributed by atoms with Crippen LogP contribution in [0.2, 0.25) is 0 Å². The second-order valence-corrected chi connectivity index (χ2v) is 9.53. The van der Waals surface area contributed by atoms with Crippen LogP contribution in [0.5, 0.6) is 5.75 Å². The molecule has 0 saturated carbocycles. The fraction of sp³-hybridized carbons (Fsp3) is 0.235. The summed E-state index contributed by atoms with van der Waals surface area (Å²) in [6.07, 6.45) is 0. The van der Waals surface area contributed by atoms with Gasteiger partial charge in [0.05, 0.1) is 14.0 Å². The van der Waals surface area contributed by atoms with Crippen molar-refractivity contribution in [1.29, 1.82) is 0 Å². The van der Waals surface area contributed by atoms with Crippen LogP contribution in [-0.2, 0) is 10.1 Å². The monoisotopic (exact) mass is 585 g/mol. The van der Waals surface area contributed by atoms with E-state index in [9.17, 15) is 17.8 Å². The fourth-order valence-corrected chi connectivity index (χ4v) is 4.92. The lowest BCUT2D eigenvalue weighted by molar-refractivity contribution is 0.0732. The molecule has 0 aliphatic carbocycles. The average Bonchev–Trinajstić information content (AvgIpc) is 2.48. The summed E-state index contributed by atoms with van der Waals surface area (Å²) in [5, 5.41) is 0. The van der Waals surface area contributed by atoms with E-state index >= 15 is 0 Å². The Kier molecular flexibility index (Phi) is 6.50. The molecule has 0 aliphatic rings. The van der Waals surface area contributed by atoms with Gasteiger partial charge in [0.15, 0.2) is 0 Å². The Hall–Kier alpha value is -0.720. The highest BCUT2D eigenvalue weighted by molar-refractivity contribution is 14.1. The van der Waals surface area contributed by atoms with Gasteiger partial charge in [0.1, 0.15) is 15.9 Å². The third-order valence-corrected chi connectivity index (χ3v) is 5.97. The Morgan fingerprint density at radius 3 is 2.32 bits per heavy atom. The van der Waals surface area contributed by atoms with Gasteiger partial charge in [0.25, 0.3) is 0 Å². The second-order valence-electron chi connectivity index (χ2n) is 5.78. The van der Waals surface area contributed by atoms with Crippen LogP contribution in [0.25, 0.3) is 0 Å². The lowest BCUT2D eigenvalue weighted by Gasteiger charge is -2.18. The third kappa shape index (κ3) is 4.92. The van der Waals surface area contributed by atoms with Gasteiger partial charge in [-0.25, -0.2) is 13.2 Å². The first kappa shape index (κ1) is 20.6. The second kappa shape index (κ2) is 7.89. The van der Waals surface area contributed by atoms with E-state index in [4.69, 9.17) is 4.74 Å². The highest BCUT2D eigenvalue weighted by atomic mass is 127. The predicted molar refractivity (Wildman–Crippen MR) is 110 cm³/mol. The number of halogens is 2. The lowest BCUT2D eigenvalue weighted by Crippen LogP contribution is -2.14. The molecule has 0 N–H and O–H groups in total. The number of benzene rings is 2. The molecule has 0 heterocycles. The summed E-state index contributed by atoms with van der Waals surface area (Å²) in [5.74, 6) is -0.394. The summed E-state index contributed by atoms with van der Waals surface area (Å²) in [4.78, 5) is 12.3. The zero-order valence-corrected chi connectivity index (χ0v) is 18.8. The standard InChI is InChI=1S/C17H16I2O5S/c1-9(2)12-8-13(10(3)6-16(12)25(21,22)23)17(20)24-15-5-4-11(18)7-14(15)19/h4-9H,1-3H3,(H,21,22,23)/p-1. The fourth-order valence-electron chi connectivity index (χ4n) is 2.30. The van der Waals surface area contributed by atoms with Crippen LogP contribution in [0.3, 0.4) is 0 Å². The van der Waals surface area contributed by atoms with E-state index in [1.807, 2.05) is 12.1 Å². The maximum absolute atomic E-state index is 12.6. The minimum Gasteiger partial charge on any atom is -0.744 e. The smallest absolute Gasteiger partial charge is 0.343 e. The molecule has 0 spiro atoms. The van der Waals surface area contributed by atoms with Crippen molar-refractivity contribution in [1.82, 2.24) is 0 Å². The highest BCUT2D eigenvalue weighted by Crippen LogP contribution is 2.29. The quantitative estimate of drug-likeness (QED) is 0.229. The van der Waals surface area contributed by atoms with Crippen molar-refractivity contribution in [2.24, 2.45) is 0 Å². The van der Waals surface area contributed by atoms with Crippen LogP contribution in [-0.4, -0.2) is 18.9 Å². The van der Waals surface area contributed by atoms with Crippen LogP contribution in [0, 0.1) is 14.1 Å². The van der Waals surface area contributed by atoms with Crippen molar-refractivity contribution >= 4 is 61.3 Å². The Balaban J connectivity index is 2.48. The molecule has 134 valence electrons. The zero-order valence-electron chi connectivity index (χ0n) is 13.7. The Labute approximate surface area is 174 Å². The summed E-state index contributed by atoms with van der Waals surface area (Å²) in [6.45, 7) is 5.10. The number of esters is 1. The molecular weight excluding hydrogens is 570 g/mol. The van der Waals surface area contributed by atoms with Gasteiger partial charge < -0.3 is 9.29 Å². The molecular formula is C17H15I2O5S-. The molecule has 0 aliphatic heterocycles. The van der Waals surface area contributed by atoms with Gasteiger partial charge in [-0.15, -0.1) is 0 Å². The van der Waals surface area contributed by atoms with Gasteiger partial charge in [-0.05, 0) is 99.5 Å². The van der Waals surface area contributed by atoms with Crippen LogP contribution < -0.4 is 4.74 Å². The van der Waals surface area contributed by atoms with E-state index in [-0.39, 0.29) is 16.4 Å². The van der Waals surface area contributed by atoms with E-state index in [1.165, 1.54) is 12.1 Å². The number of hydrogen-bond acceptors (Lipinski definition) is 5. The summed E-state index contributed by atoms with van der Waals surface area (Å²) >= 11 is 4.24. The summed E-state index contributed by atoms with van der Waals surface area (Å²) in [7, 11) is -4.62. The molecule has 8 heteroatoms. The van der Waals surface area contributed by atoms with Gasteiger partial charge in [-0.1, -0.05) is 13.8 Å².